The van der Waals surface area contributed by atoms with Crippen LogP contribution in [-0.2, 0) is 11.2 Å². The number of aromatic nitrogens is 1. The van der Waals surface area contributed by atoms with Crippen LogP contribution in [-0.4, -0.2) is 18.0 Å². The second kappa shape index (κ2) is 7.63. The highest BCUT2D eigenvalue weighted by molar-refractivity contribution is 7.13. The number of carbonyl (C=O) groups excluding carboxylic acids is 1. The number of benzene rings is 2. The SMILES string of the molecule is COc1ccc(NC(=O)Cc2csc(-c3cccc(F)c3)n2)cc1Cl. The Kier molecular flexibility index (Phi) is 5.31. The van der Waals surface area contributed by atoms with Gasteiger partial charge in [-0.3, -0.25) is 4.79 Å². The zero-order valence-corrected chi connectivity index (χ0v) is 14.8. The maximum Gasteiger partial charge on any atom is 0.230 e. The Morgan fingerprint density at radius 1 is 1.32 bits per heavy atom. The number of carbonyl (C=O) groups is 1. The number of thiazole rings is 1. The van der Waals surface area contributed by atoms with Crippen molar-refractivity contribution >= 4 is 34.5 Å². The van der Waals surface area contributed by atoms with E-state index >= 15 is 0 Å². The predicted octanol–water partition coefficient (Wildman–Crippen LogP) is 4.79. The number of rotatable bonds is 5. The van der Waals surface area contributed by atoms with E-state index in [4.69, 9.17) is 16.3 Å². The first kappa shape index (κ1) is 17.4. The van der Waals surface area contributed by atoms with Crippen LogP contribution in [0.15, 0.2) is 47.8 Å². The molecule has 0 atom stereocenters. The molecule has 2 aromatic carbocycles. The van der Waals surface area contributed by atoms with E-state index in [2.05, 4.69) is 10.3 Å². The Bertz CT molecular complexity index is 914. The molecule has 0 aliphatic carbocycles. The van der Waals surface area contributed by atoms with Crippen molar-refractivity contribution in [1.82, 2.24) is 4.98 Å². The van der Waals surface area contributed by atoms with E-state index in [-0.39, 0.29) is 18.1 Å². The quantitative estimate of drug-likeness (QED) is 0.696. The molecule has 0 saturated heterocycles. The van der Waals surface area contributed by atoms with Gasteiger partial charge in [0.05, 0.1) is 24.2 Å². The average molecular weight is 377 g/mol. The Labute approximate surface area is 153 Å². The lowest BCUT2D eigenvalue weighted by molar-refractivity contribution is -0.115. The Balaban J connectivity index is 1.66. The number of ether oxygens (including phenoxy) is 1. The Hall–Kier alpha value is -2.44. The summed E-state index contributed by atoms with van der Waals surface area (Å²) >= 11 is 7.41. The standard InChI is InChI=1S/C18H14ClFN2O2S/c1-24-16-6-5-13(8-15(16)19)21-17(23)9-14-10-25-18(22-14)11-3-2-4-12(20)7-11/h2-8,10H,9H2,1H3,(H,21,23). The Morgan fingerprint density at radius 3 is 2.88 bits per heavy atom. The number of hydrogen-bond acceptors (Lipinski definition) is 4. The number of halogens is 2. The van der Waals surface area contributed by atoms with Gasteiger partial charge >= 0.3 is 0 Å². The van der Waals surface area contributed by atoms with Gasteiger partial charge < -0.3 is 10.1 Å². The lowest BCUT2D eigenvalue weighted by Gasteiger charge is -2.07. The fourth-order valence-electron chi connectivity index (χ4n) is 2.26. The zero-order chi connectivity index (χ0) is 17.8. The van der Waals surface area contributed by atoms with Gasteiger partial charge in [-0.1, -0.05) is 23.7 Å². The number of methoxy groups -OCH3 is 1. The van der Waals surface area contributed by atoms with Crippen molar-refractivity contribution in [2.75, 3.05) is 12.4 Å². The van der Waals surface area contributed by atoms with Gasteiger partial charge in [0, 0.05) is 16.6 Å². The van der Waals surface area contributed by atoms with Crippen molar-refractivity contribution in [3.8, 4) is 16.3 Å². The van der Waals surface area contributed by atoms with E-state index < -0.39 is 0 Å². The van der Waals surface area contributed by atoms with Gasteiger partial charge in [-0.2, -0.15) is 0 Å². The van der Waals surface area contributed by atoms with Gasteiger partial charge in [0.2, 0.25) is 5.91 Å². The normalized spacial score (nSPS) is 10.5. The maximum atomic E-state index is 13.3. The van der Waals surface area contributed by atoms with Crippen LogP contribution in [0.25, 0.3) is 10.6 Å². The van der Waals surface area contributed by atoms with Crippen molar-refractivity contribution in [3.05, 3.63) is 64.4 Å². The van der Waals surface area contributed by atoms with Gasteiger partial charge in [0.1, 0.15) is 16.6 Å². The summed E-state index contributed by atoms with van der Waals surface area (Å²) in [7, 11) is 1.53. The Morgan fingerprint density at radius 2 is 2.16 bits per heavy atom. The molecule has 3 rings (SSSR count). The third kappa shape index (κ3) is 4.35. The van der Waals surface area contributed by atoms with Crippen molar-refractivity contribution in [2.45, 2.75) is 6.42 Å². The molecule has 1 heterocycles. The van der Waals surface area contributed by atoms with E-state index in [0.29, 0.717) is 32.7 Å². The first-order valence-electron chi connectivity index (χ1n) is 7.39. The summed E-state index contributed by atoms with van der Waals surface area (Å²) in [4.78, 5) is 16.6. The summed E-state index contributed by atoms with van der Waals surface area (Å²) in [6.07, 6.45) is 0.120. The third-order valence-corrected chi connectivity index (χ3v) is 4.64. The van der Waals surface area contributed by atoms with E-state index in [1.807, 2.05) is 0 Å². The molecule has 1 amide bonds. The molecule has 0 bridgehead atoms. The van der Waals surface area contributed by atoms with Crippen LogP contribution in [0.2, 0.25) is 5.02 Å². The number of amides is 1. The van der Waals surface area contributed by atoms with E-state index in [1.54, 1.807) is 35.7 Å². The van der Waals surface area contributed by atoms with Crippen LogP contribution in [0.3, 0.4) is 0 Å². The molecule has 1 N–H and O–H groups in total. The molecule has 0 saturated carbocycles. The molecular formula is C18H14ClFN2O2S. The smallest absolute Gasteiger partial charge is 0.230 e. The van der Waals surface area contributed by atoms with Gasteiger partial charge in [-0.05, 0) is 30.3 Å². The molecule has 1 aromatic heterocycles. The highest BCUT2D eigenvalue weighted by Gasteiger charge is 2.11. The molecule has 0 spiro atoms. The maximum absolute atomic E-state index is 13.3. The van der Waals surface area contributed by atoms with Crippen LogP contribution in [0.4, 0.5) is 10.1 Å². The molecule has 4 nitrogen and oxygen atoms in total. The van der Waals surface area contributed by atoms with Gasteiger partial charge in [-0.25, -0.2) is 9.37 Å². The second-order valence-electron chi connectivity index (χ2n) is 5.23. The molecule has 7 heteroatoms. The van der Waals surface area contributed by atoms with Crippen molar-refractivity contribution < 1.29 is 13.9 Å². The highest BCUT2D eigenvalue weighted by Crippen LogP contribution is 2.28. The number of nitrogens with one attached hydrogen (secondary N) is 1. The first-order valence-corrected chi connectivity index (χ1v) is 8.64. The van der Waals surface area contributed by atoms with E-state index in [9.17, 15) is 9.18 Å². The first-order chi connectivity index (χ1) is 12.0. The fourth-order valence-corrected chi connectivity index (χ4v) is 3.33. The van der Waals surface area contributed by atoms with Crippen molar-refractivity contribution in [1.29, 1.82) is 0 Å². The third-order valence-electron chi connectivity index (χ3n) is 3.40. The van der Waals surface area contributed by atoms with Gasteiger partial charge in [-0.15, -0.1) is 11.3 Å². The van der Waals surface area contributed by atoms with Crippen LogP contribution < -0.4 is 10.1 Å². The van der Waals surface area contributed by atoms with Crippen molar-refractivity contribution in [3.63, 3.8) is 0 Å². The lowest BCUT2D eigenvalue weighted by Crippen LogP contribution is -2.14. The summed E-state index contributed by atoms with van der Waals surface area (Å²) in [6, 6.07) is 11.2. The summed E-state index contributed by atoms with van der Waals surface area (Å²) < 4.78 is 18.4. The van der Waals surface area contributed by atoms with Crippen LogP contribution in [0.1, 0.15) is 5.69 Å². The largest absolute Gasteiger partial charge is 0.495 e. The van der Waals surface area contributed by atoms with Gasteiger partial charge in [0.15, 0.2) is 0 Å². The number of hydrogen-bond donors (Lipinski definition) is 1. The highest BCUT2D eigenvalue weighted by atomic mass is 35.5. The summed E-state index contributed by atoms with van der Waals surface area (Å²) in [5.74, 6) is 0.0135. The summed E-state index contributed by atoms with van der Waals surface area (Å²) in [5.41, 5.74) is 1.90. The minimum Gasteiger partial charge on any atom is -0.495 e. The lowest BCUT2D eigenvalue weighted by atomic mass is 10.2. The van der Waals surface area contributed by atoms with E-state index in [1.165, 1.54) is 30.6 Å². The van der Waals surface area contributed by atoms with Crippen LogP contribution in [0, 0.1) is 5.82 Å². The summed E-state index contributed by atoms with van der Waals surface area (Å²) in [5, 5.41) is 5.65. The minimum absolute atomic E-state index is 0.120. The minimum atomic E-state index is -0.316. The molecule has 0 aliphatic heterocycles. The molecule has 0 unspecified atom stereocenters. The molecular weight excluding hydrogens is 363 g/mol. The van der Waals surface area contributed by atoms with Crippen molar-refractivity contribution in [2.24, 2.45) is 0 Å². The molecule has 0 radical (unpaired) electrons. The van der Waals surface area contributed by atoms with Crippen LogP contribution in [0.5, 0.6) is 5.75 Å². The predicted molar refractivity (Wildman–Crippen MR) is 97.8 cm³/mol. The molecule has 0 aliphatic rings. The molecule has 25 heavy (non-hydrogen) atoms. The van der Waals surface area contributed by atoms with E-state index in [0.717, 1.165) is 0 Å². The fraction of sp³-hybridized carbons (Fsp3) is 0.111. The monoisotopic (exact) mass is 376 g/mol. The van der Waals surface area contributed by atoms with Crippen LogP contribution >= 0.6 is 22.9 Å². The number of nitrogens with zero attached hydrogens (tertiary/aromatic N) is 1. The second-order valence-corrected chi connectivity index (χ2v) is 6.49. The molecule has 128 valence electrons. The summed E-state index contributed by atoms with van der Waals surface area (Å²) in [6.45, 7) is 0. The topological polar surface area (TPSA) is 51.2 Å². The zero-order valence-electron chi connectivity index (χ0n) is 13.3. The average Bonchev–Trinajstić information content (AvgIpc) is 3.03. The number of anilines is 1. The van der Waals surface area contributed by atoms with Gasteiger partial charge in [0.25, 0.3) is 0 Å². The molecule has 3 aromatic rings. The molecule has 0 fully saturated rings.